The van der Waals surface area contributed by atoms with Crippen LogP contribution in [-0.4, -0.2) is 17.4 Å². The molecule has 0 aromatic rings. The van der Waals surface area contributed by atoms with E-state index in [9.17, 15) is 9.59 Å². The van der Waals surface area contributed by atoms with Crippen molar-refractivity contribution in [1.82, 2.24) is 0 Å². The van der Waals surface area contributed by atoms with Gasteiger partial charge in [0.05, 0.1) is 0 Å². The molecule has 1 unspecified atom stereocenters. The van der Waals surface area contributed by atoms with E-state index in [1.165, 1.54) is 0 Å². The summed E-state index contributed by atoms with van der Waals surface area (Å²) in [6.45, 7) is 5.53. The van der Waals surface area contributed by atoms with Crippen molar-refractivity contribution in [1.29, 1.82) is 0 Å². The smallest absolute Gasteiger partial charge is 0.306 e. The first kappa shape index (κ1) is 12.0. The molecule has 0 fully saturated rings. The van der Waals surface area contributed by atoms with Gasteiger partial charge in [-0.2, -0.15) is 0 Å². The van der Waals surface area contributed by atoms with Crippen LogP contribution in [0.4, 0.5) is 0 Å². The number of hydrogen-bond donors (Lipinski definition) is 0. The Kier molecular flexibility index (Phi) is 3.66. The summed E-state index contributed by atoms with van der Waals surface area (Å²) in [4.78, 5) is 22.6. The first-order chi connectivity index (χ1) is 6.87. The average molecular weight is 210 g/mol. The number of carbonyl (C=O) groups excluding carboxylic acids is 2. The third kappa shape index (κ3) is 4.77. The second-order valence-corrected chi connectivity index (χ2v) is 4.97. The Bertz CT molecular complexity index is 284. The van der Waals surface area contributed by atoms with Crippen LogP contribution in [0.3, 0.4) is 0 Å². The van der Waals surface area contributed by atoms with E-state index in [-0.39, 0.29) is 17.7 Å². The Balaban J connectivity index is 2.39. The summed E-state index contributed by atoms with van der Waals surface area (Å²) in [5, 5.41) is 0. The van der Waals surface area contributed by atoms with E-state index in [1.807, 2.05) is 26.8 Å². The number of esters is 1. The molecule has 0 aliphatic heterocycles. The lowest BCUT2D eigenvalue weighted by Crippen LogP contribution is -2.26. The van der Waals surface area contributed by atoms with Gasteiger partial charge in [0.25, 0.3) is 0 Å². The number of rotatable bonds is 2. The third-order valence-electron chi connectivity index (χ3n) is 2.14. The van der Waals surface area contributed by atoms with Crippen LogP contribution >= 0.6 is 0 Å². The lowest BCUT2D eigenvalue weighted by molar-refractivity contribution is -0.156. The molecule has 0 spiro atoms. The quantitative estimate of drug-likeness (QED) is 0.656. The number of carbonyl (C=O) groups is 2. The molecule has 0 N–H and O–H groups in total. The van der Waals surface area contributed by atoms with E-state index in [0.717, 1.165) is 6.42 Å². The maximum Gasteiger partial charge on any atom is 0.306 e. The number of ketones is 1. The van der Waals surface area contributed by atoms with E-state index in [2.05, 4.69) is 0 Å². The molecule has 0 radical (unpaired) electrons. The van der Waals surface area contributed by atoms with Crippen molar-refractivity contribution in [2.24, 2.45) is 5.92 Å². The van der Waals surface area contributed by atoms with Crippen LogP contribution in [0.15, 0.2) is 12.2 Å². The summed E-state index contributed by atoms with van der Waals surface area (Å²) in [6, 6.07) is 0. The molecule has 1 atom stereocenters. The molecule has 0 amide bonds. The van der Waals surface area contributed by atoms with Gasteiger partial charge in [0, 0.05) is 12.8 Å². The second kappa shape index (κ2) is 4.60. The van der Waals surface area contributed by atoms with Crippen LogP contribution in [0, 0.1) is 5.92 Å². The first-order valence-electron chi connectivity index (χ1n) is 5.28. The highest BCUT2D eigenvalue weighted by Crippen LogP contribution is 2.21. The van der Waals surface area contributed by atoms with Crippen molar-refractivity contribution < 1.29 is 14.3 Å². The highest BCUT2D eigenvalue weighted by Gasteiger charge is 2.22. The van der Waals surface area contributed by atoms with Gasteiger partial charge in [0.2, 0.25) is 0 Å². The molecule has 0 saturated heterocycles. The Hall–Kier alpha value is -1.12. The zero-order chi connectivity index (χ0) is 11.5. The molecule has 0 saturated carbocycles. The second-order valence-electron chi connectivity index (χ2n) is 4.97. The van der Waals surface area contributed by atoms with Crippen molar-refractivity contribution in [2.75, 3.05) is 0 Å². The minimum absolute atomic E-state index is 0.106. The standard InChI is InChI=1S/C12H18O3/c1-12(2,3)15-11(14)8-9-5-4-6-10(13)7-9/h4,6,9H,5,7-8H2,1-3H3. The number of hydrogen-bond acceptors (Lipinski definition) is 3. The van der Waals surface area contributed by atoms with Crippen LogP contribution in [-0.2, 0) is 14.3 Å². The minimum Gasteiger partial charge on any atom is -0.460 e. The van der Waals surface area contributed by atoms with E-state index < -0.39 is 5.60 Å². The molecule has 84 valence electrons. The predicted molar refractivity (Wildman–Crippen MR) is 57.3 cm³/mol. The van der Waals surface area contributed by atoms with Crippen LogP contribution in [0.25, 0.3) is 0 Å². The van der Waals surface area contributed by atoms with Gasteiger partial charge in [-0.1, -0.05) is 6.08 Å². The fourth-order valence-electron chi connectivity index (χ4n) is 1.60. The topological polar surface area (TPSA) is 43.4 Å². The molecule has 0 aromatic heterocycles. The third-order valence-corrected chi connectivity index (χ3v) is 2.14. The van der Waals surface area contributed by atoms with Crippen LogP contribution in [0.2, 0.25) is 0 Å². The normalized spacial score (nSPS) is 21.5. The van der Waals surface area contributed by atoms with E-state index in [0.29, 0.717) is 12.8 Å². The van der Waals surface area contributed by atoms with Gasteiger partial charge in [-0.3, -0.25) is 9.59 Å². The van der Waals surface area contributed by atoms with Crippen molar-refractivity contribution in [3.05, 3.63) is 12.2 Å². The molecule has 1 aliphatic rings. The van der Waals surface area contributed by atoms with Gasteiger partial charge in [0.15, 0.2) is 5.78 Å². The molecule has 15 heavy (non-hydrogen) atoms. The van der Waals surface area contributed by atoms with Crippen LogP contribution in [0.1, 0.15) is 40.0 Å². The molecule has 3 heteroatoms. The Morgan fingerprint density at radius 1 is 1.53 bits per heavy atom. The van der Waals surface area contributed by atoms with Gasteiger partial charge < -0.3 is 4.74 Å². The summed E-state index contributed by atoms with van der Waals surface area (Å²) in [6.07, 6.45) is 5.03. The van der Waals surface area contributed by atoms with Gasteiger partial charge in [-0.15, -0.1) is 0 Å². The van der Waals surface area contributed by atoms with Crippen molar-refractivity contribution >= 4 is 11.8 Å². The summed E-state index contributed by atoms with van der Waals surface area (Å²) >= 11 is 0. The summed E-state index contributed by atoms with van der Waals surface area (Å²) in [5.41, 5.74) is -0.439. The van der Waals surface area contributed by atoms with E-state index in [1.54, 1.807) is 6.08 Å². The van der Waals surface area contributed by atoms with Crippen molar-refractivity contribution in [3.63, 3.8) is 0 Å². The lowest BCUT2D eigenvalue weighted by atomic mass is 9.91. The zero-order valence-corrected chi connectivity index (χ0v) is 9.58. The molecule has 1 rings (SSSR count). The monoisotopic (exact) mass is 210 g/mol. The predicted octanol–water partition coefficient (Wildman–Crippen LogP) is 2.25. The highest BCUT2D eigenvalue weighted by atomic mass is 16.6. The van der Waals surface area contributed by atoms with Crippen LogP contribution in [0.5, 0.6) is 0 Å². The van der Waals surface area contributed by atoms with Gasteiger partial charge in [-0.25, -0.2) is 0 Å². The summed E-state index contributed by atoms with van der Waals surface area (Å²) in [5.74, 6) is 0.0164. The Labute approximate surface area is 90.5 Å². The SMILES string of the molecule is CC(C)(C)OC(=O)CC1CC=CC(=O)C1. The fraction of sp³-hybridized carbons (Fsp3) is 0.667. The average Bonchev–Trinajstić information content (AvgIpc) is 1.99. The van der Waals surface area contributed by atoms with Gasteiger partial charge in [-0.05, 0) is 39.2 Å². The first-order valence-corrected chi connectivity index (χ1v) is 5.28. The van der Waals surface area contributed by atoms with Crippen molar-refractivity contribution in [3.8, 4) is 0 Å². The van der Waals surface area contributed by atoms with Crippen molar-refractivity contribution in [2.45, 2.75) is 45.6 Å². The van der Waals surface area contributed by atoms with E-state index in [4.69, 9.17) is 4.74 Å². The molecule has 3 nitrogen and oxygen atoms in total. The molecule has 1 aliphatic carbocycles. The largest absolute Gasteiger partial charge is 0.460 e. The Morgan fingerprint density at radius 2 is 2.20 bits per heavy atom. The number of allylic oxidation sites excluding steroid dienone is 2. The highest BCUT2D eigenvalue weighted by molar-refractivity contribution is 5.90. The zero-order valence-electron chi connectivity index (χ0n) is 9.58. The maximum atomic E-state index is 11.5. The molecule has 0 aromatic carbocycles. The lowest BCUT2D eigenvalue weighted by Gasteiger charge is -2.22. The maximum absolute atomic E-state index is 11.5. The Morgan fingerprint density at radius 3 is 2.73 bits per heavy atom. The fourth-order valence-corrected chi connectivity index (χ4v) is 1.60. The molecule has 0 bridgehead atoms. The van der Waals surface area contributed by atoms with E-state index >= 15 is 0 Å². The number of ether oxygens (including phenoxy) is 1. The molecule has 0 heterocycles. The van der Waals surface area contributed by atoms with Gasteiger partial charge >= 0.3 is 5.97 Å². The van der Waals surface area contributed by atoms with Crippen LogP contribution < -0.4 is 0 Å². The molecular weight excluding hydrogens is 192 g/mol. The van der Waals surface area contributed by atoms with Gasteiger partial charge in [0.1, 0.15) is 5.60 Å². The summed E-state index contributed by atoms with van der Waals surface area (Å²) in [7, 11) is 0. The minimum atomic E-state index is -0.439. The molecular formula is C12H18O3. The summed E-state index contributed by atoms with van der Waals surface area (Å²) < 4.78 is 5.20.